The van der Waals surface area contributed by atoms with Gasteiger partial charge in [0.1, 0.15) is 8.85 Å². The molecule has 3 aromatic carbocycles. The van der Waals surface area contributed by atoms with E-state index in [1.165, 1.54) is 17.0 Å². The van der Waals surface area contributed by atoms with Gasteiger partial charge in [0, 0.05) is 15.8 Å². The quantitative estimate of drug-likeness (QED) is 0.515. The van der Waals surface area contributed by atoms with E-state index in [2.05, 4.69) is 0 Å². The lowest BCUT2D eigenvalue weighted by Crippen LogP contribution is -2.41. The highest BCUT2D eigenvalue weighted by Crippen LogP contribution is 2.33. The summed E-state index contributed by atoms with van der Waals surface area (Å²) in [5, 5.41) is 0. The highest BCUT2D eigenvalue weighted by atomic mass is 16.7. The second kappa shape index (κ2) is 9.54. The van der Waals surface area contributed by atoms with Crippen LogP contribution in [0.25, 0.3) is 0 Å². The number of hydrogen-bond acceptors (Lipinski definition) is 4. The molecule has 2 heterocycles. The van der Waals surface area contributed by atoms with Gasteiger partial charge in [0.05, 0.1) is 19.8 Å². The van der Waals surface area contributed by atoms with Crippen LogP contribution in [0, 0.1) is 0 Å². The molecule has 31 heavy (non-hydrogen) atoms. The molecule has 2 aliphatic heterocycles. The van der Waals surface area contributed by atoms with Crippen LogP contribution in [0.1, 0.15) is 54.8 Å². The second-order valence-electron chi connectivity index (χ2n) is 7.21. The third-order valence-electron chi connectivity index (χ3n) is 5.09. The van der Waals surface area contributed by atoms with Crippen molar-refractivity contribution in [3.05, 3.63) is 95.3 Å². The summed E-state index contributed by atoms with van der Waals surface area (Å²) in [6.45, 7) is -3.96. The van der Waals surface area contributed by atoms with Gasteiger partial charge >= 0.3 is 0 Å². The van der Waals surface area contributed by atoms with Gasteiger partial charge in [-0.25, -0.2) is 0 Å². The van der Waals surface area contributed by atoms with E-state index in [1.807, 2.05) is 0 Å². The molecule has 4 heteroatoms. The average molecular weight is 430 g/mol. The molecular weight excluding hydrogens is 386 g/mol. The zero-order chi connectivity index (χ0) is 33.2. The van der Waals surface area contributed by atoms with Crippen LogP contribution in [0.15, 0.2) is 78.6 Å². The number of nitrogens with zero attached hydrogens (tertiary/aromatic N) is 1. The fraction of sp³-hybridized carbons (Fsp3) is 0.333. The van der Waals surface area contributed by atoms with Gasteiger partial charge in [-0.1, -0.05) is 66.5 Å². The van der Waals surface area contributed by atoms with Crippen LogP contribution in [0.2, 0.25) is 0 Å². The zero-order valence-corrected chi connectivity index (χ0v) is 16.6. The van der Waals surface area contributed by atoms with Crippen LogP contribution in [0.4, 0.5) is 0 Å². The highest BCUT2D eigenvalue weighted by Gasteiger charge is 2.25. The number of fused-ring (bicyclic) bond motifs is 1. The molecule has 2 aliphatic rings. The van der Waals surface area contributed by atoms with Crippen LogP contribution in [0.5, 0.6) is 11.5 Å². The number of ether oxygens (including phenoxy) is 3. The van der Waals surface area contributed by atoms with Crippen molar-refractivity contribution < 1.29 is 33.4 Å². The van der Waals surface area contributed by atoms with Gasteiger partial charge in [-0.3, -0.25) is 0 Å². The van der Waals surface area contributed by atoms with Crippen LogP contribution in [0.3, 0.4) is 0 Å². The molecule has 0 aliphatic carbocycles. The number of likely N-dealkylation sites (tertiary alicyclic amines) is 1. The van der Waals surface area contributed by atoms with E-state index in [4.69, 9.17) is 33.4 Å². The molecule has 4 nitrogen and oxygen atoms in total. The van der Waals surface area contributed by atoms with Gasteiger partial charge in [0.25, 0.3) is 0 Å². The van der Waals surface area contributed by atoms with E-state index >= 15 is 0 Å². The lowest BCUT2D eigenvalue weighted by molar-refractivity contribution is -0.0330. The Morgan fingerprint density at radius 1 is 1.03 bits per heavy atom. The molecule has 0 spiro atoms. The summed E-state index contributed by atoms with van der Waals surface area (Å²) in [5.41, 5.74) is -0.265. The molecule has 0 N–H and O–H groups in total. The second-order valence-corrected chi connectivity index (χ2v) is 7.21. The first-order valence-corrected chi connectivity index (χ1v) is 9.98. The molecule has 0 radical (unpaired) electrons. The maximum atomic E-state index is 8.86. The Morgan fingerprint density at radius 2 is 1.74 bits per heavy atom. The molecule has 160 valence electrons. The van der Waals surface area contributed by atoms with E-state index in [-0.39, 0.29) is 35.6 Å². The number of benzene rings is 3. The predicted octanol–water partition coefficient (Wildman–Crippen LogP) is 5.23. The molecule has 1 saturated heterocycles. The Labute approximate surface area is 204 Å². The summed E-state index contributed by atoms with van der Waals surface area (Å²) in [6, 6.07) is -2.00. The molecule has 0 unspecified atom stereocenters. The van der Waals surface area contributed by atoms with Crippen molar-refractivity contribution in [1.82, 2.24) is 4.90 Å². The molecule has 0 bridgehead atoms. The van der Waals surface area contributed by atoms with E-state index in [9.17, 15) is 0 Å². The average Bonchev–Trinajstić information content (AvgIpc) is 3.30. The lowest BCUT2D eigenvalue weighted by atomic mass is 10.00. The smallest absolute Gasteiger partial charge is 0.231 e. The minimum absolute atomic E-state index is 0.0199. The first kappa shape index (κ1) is 9.76. The molecule has 0 aromatic heterocycles. The lowest BCUT2D eigenvalue weighted by Gasteiger charge is -2.35. The third-order valence-corrected chi connectivity index (χ3v) is 5.09. The third kappa shape index (κ3) is 4.92. The Hall–Kier alpha value is -2.82. The number of hydrogen-bond donors (Lipinski definition) is 0. The first-order chi connectivity index (χ1) is 20.9. The van der Waals surface area contributed by atoms with Gasteiger partial charge < -0.3 is 19.1 Å². The Morgan fingerprint density at radius 3 is 2.48 bits per heavy atom. The number of rotatable bonds is 7. The fourth-order valence-corrected chi connectivity index (χ4v) is 3.59. The standard InChI is InChI=1S/C27H29NO3/c1-3-8-22(9-4-1)27(23-10-5-2-6-11-23)31-24-12-7-16-28(19-24)17-15-21-13-14-25-26(18-21)30-20-29-25/h1-6,8-11,13-14,18,24,27H,7,12,15-17,19-20H2/t24-/m1/s1/i1D,2D,3D,4D,5D,6D,8D,9D,10D,11D,17D2,20D2. The first-order valence-electron chi connectivity index (χ1n) is 17.0. The van der Waals surface area contributed by atoms with Crippen molar-refractivity contribution in [3.63, 3.8) is 0 Å². The molecule has 1 fully saturated rings. The van der Waals surface area contributed by atoms with Gasteiger partial charge in [0.15, 0.2) is 11.5 Å². The minimum atomic E-state index is -2.32. The molecule has 3 aromatic rings. The van der Waals surface area contributed by atoms with E-state index in [0.717, 1.165) is 0 Å². The molecule has 5 rings (SSSR count). The maximum Gasteiger partial charge on any atom is 0.231 e. The van der Waals surface area contributed by atoms with Crippen LogP contribution < -0.4 is 9.47 Å². The molecule has 0 amide bonds. The van der Waals surface area contributed by atoms with Crippen molar-refractivity contribution >= 4 is 0 Å². The summed E-state index contributed by atoms with van der Waals surface area (Å²) < 4.78 is 132. The van der Waals surface area contributed by atoms with Gasteiger partial charge in [-0.05, 0) is 54.6 Å². The van der Waals surface area contributed by atoms with E-state index in [1.54, 1.807) is 6.07 Å². The van der Waals surface area contributed by atoms with Crippen LogP contribution >= 0.6 is 0 Å². The summed E-state index contributed by atoms with van der Waals surface area (Å²) in [5.74, 6) is 0.343. The van der Waals surface area contributed by atoms with Crippen molar-refractivity contribution in [1.29, 1.82) is 0 Å². The summed E-state index contributed by atoms with van der Waals surface area (Å²) in [7, 11) is 0. The van der Waals surface area contributed by atoms with Crippen LogP contribution in [-0.4, -0.2) is 37.3 Å². The topological polar surface area (TPSA) is 30.9 Å². The Balaban J connectivity index is 1.49. The van der Waals surface area contributed by atoms with Gasteiger partial charge in [-0.15, -0.1) is 0 Å². The monoisotopic (exact) mass is 429 g/mol. The molecule has 1 atom stereocenters. The van der Waals surface area contributed by atoms with Crippen molar-refractivity contribution in [2.75, 3.05) is 26.3 Å². The SMILES string of the molecule is [2H]c1c([2H])c([2H])c(C(O[C@@H]2CCCN(C([2H])([2H])Cc3ccc4c(c3)OC([2H])([2H])O4)C2)c2c([2H])c([2H])c([2H])c([2H])c2[2H])c([2H])c1[2H]. The summed E-state index contributed by atoms with van der Waals surface area (Å²) in [6.07, 6.45) is -1.79. The van der Waals surface area contributed by atoms with Crippen molar-refractivity contribution in [2.24, 2.45) is 0 Å². The van der Waals surface area contributed by atoms with Crippen LogP contribution in [-0.2, 0) is 11.2 Å². The summed E-state index contributed by atoms with van der Waals surface area (Å²) >= 11 is 0. The molecule has 0 saturated carbocycles. The molecular formula is C27H29NO3. The van der Waals surface area contributed by atoms with Gasteiger partial charge in [-0.2, -0.15) is 0 Å². The van der Waals surface area contributed by atoms with Gasteiger partial charge in [0.2, 0.25) is 6.75 Å². The predicted molar refractivity (Wildman–Crippen MR) is 122 cm³/mol. The Bertz CT molecular complexity index is 1540. The summed E-state index contributed by atoms with van der Waals surface area (Å²) in [4.78, 5) is 1.52. The normalized spacial score (nSPS) is 26.9. The number of aryl methyl sites for hydroxylation is 1. The maximum absolute atomic E-state index is 8.86. The largest absolute Gasteiger partial charge is 0.454 e. The highest BCUT2D eigenvalue weighted by molar-refractivity contribution is 5.44. The van der Waals surface area contributed by atoms with Crippen molar-refractivity contribution in [2.45, 2.75) is 31.5 Å². The number of piperidine rings is 1. The minimum Gasteiger partial charge on any atom is -0.454 e. The van der Waals surface area contributed by atoms with E-state index < -0.39 is 85.9 Å². The fourth-order valence-electron chi connectivity index (χ4n) is 3.59. The van der Waals surface area contributed by atoms with Crippen molar-refractivity contribution in [3.8, 4) is 11.5 Å². The Kier molecular flexibility index (Phi) is 3.01. The van der Waals surface area contributed by atoms with E-state index in [0.29, 0.717) is 24.9 Å². The zero-order valence-electron chi connectivity index (χ0n) is 30.6.